The minimum atomic E-state index is -0.735. The van der Waals surface area contributed by atoms with E-state index in [2.05, 4.69) is 46.0 Å². The highest BCUT2D eigenvalue weighted by Crippen LogP contribution is 2.29. The summed E-state index contributed by atoms with van der Waals surface area (Å²) in [6.07, 6.45) is -0.328. The summed E-state index contributed by atoms with van der Waals surface area (Å²) in [6, 6.07) is 8.20. The quantitative estimate of drug-likeness (QED) is 0.829. The van der Waals surface area contributed by atoms with Crippen LogP contribution in [-0.4, -0.2) is 36.4 Å². The molecule has 1 amide bonds. The molecule has 8 heteroatoms. The van der Waals surface area contributed by atoms with E-state index in [1.807, 2.05) is 17.5 Å². The number of benzene rings is 1. The third-order valence-electron chi connectivity index (χ3n) is 3.75. The minimum absolute atomic E-state index is 0.203. The first-order valence-electron chi connectivity index (χ1n) is 7.69. The Balaban J connectivity index is 1.79. The molecule has 0 bridgehead atoms. The largest absolute Gasteiger partial charge is 0.432 e. The van der Waals surface area contributed by atoms with E-state index in [-0.39, 0.29) is 12.2 Å². The summed E-state index contributed by atoms with van der Waals surface area (Å²) in [5.74, 6) is 4.81. The minimum Gasteiger partial charge on any atom is -0.372 e. The maximum absolute atomic E-state index is 11.1. The van der Waals surface area contributed by atoms with E-state index in [4.69, 9.17) is 10.6 Å². The molecule has 1 aromatic heterocycles. The van der Waals surface area contributed by atoms with Gasteiger partial charge >= 0.3 is 6.09 Å². The second kappa shape index (κ2) is 7.16. The van der Waals surface area contributed by atoms with Crippen molar-refractivity contribution in [2.75, 3.05) is 23.3 Å². The molecule has 2 heterocycles. The molecular formula is C16H20N4O3S. The number of anilines is 2. The number of thiazole rings is 1. The first kappa shape index (κ1) is 16.7. The monoisotopic (exact) mass is 348 g/mol. The molecule has 1 fully saturated rings. The molecule has 24 heavy (non-hydrogen) atoms. The summed E-state index contributed by atoms with van der Waals surface area (Å²) in [6.45, 7) is 5.89. The zero-order valence-electron chi connectivity index (χ0n) is 13.6. The number of amides is 1. The molecule has 1 saturated heterocycles. The molecule has 3 N–H and O–H groups in total. The van der Waals surface area contributed by atoms with Gasteiger partial charge in [0.05, 0.1) is 17.9 Å². The standard InChI is InChI=1S/C16H20N4O3S/c1-10-7-20(8-11(2)22-10)13-5-3-4-12(6-13)14-9-24-15(18-14)19-16(21)23-17/h3-6,9-11H,7-8,17H2,1-2H3,(H,18,19,21). The summed E-state index contributed by atoms with van der Waals surface area (Å²) in [7, 11) is 0. The van der Waals surface area contributed by atoms with Gasteiger partial charge in [-0.1, -0.05) is 12.1 Å². The zero-order chi connectivity index (χ0) is 17.1. The van der Waals surface area contributed by atoms with Crippen LogP contribution in [0.3, 0.4) is 0 Å². The predicted octanol–water partition coefficient (Wildman–Crippen LogP) is 2.85. The highest BCUT2D eigenvalue weighted by Gasteiger charge is 2.22. The van der Waals surface area contributed by atoms with Crippen molar-refractivity contribution >= 4 is 28.2 Å². The molecule has 0 radical (unpaired) electrons. The van der Waals surface area contributed by atoms with Crippen LogP contribution >= 0.6 is 11.3 Å². The van der Waals surface area contributed by atoms with Gasteiger partial charge in [-0.05, 0) is 26.0 Å². The zero-order valence-corrected chi connectivity index (χ0v) is 14.4. The van der Waals surface area contributed by atoms with E-state index >= 15 is 0 Å². The number of carbonyl (C=O) groups excluding carboxylic acids is 1. The summed E-state index contributed by atoms with van der Waals surface area (Å²) >= 11 is 1.32. The fourth-order valence-electron chi connectivity index (χ4n) is 2.83. The van der Waals surface area contributed by atoms with Gasteiger partial charge in [-0.2, -0.15) is 5.90 Å². The van der Waals surface area contributed by atoms with Gasteiger partial charge in [0.2, 0.25) is 0 Å². The molecular weight excluding hydrogens is 328 g/mol. The number of nitrogens with zero attached hydrogens (tertiary/aromatic N) is 2. The molecule has 2 aromatic rings. The third-order valence-corrected chi connectivity index (χ3v) is 4.50. The number of carbonyl (C=O) groups is 1. The van der Waals surface area contributed by atoms with Gasteiger partial charge in [-0.25, -0.2) is 9.78 Å². The number of nitrogens with one attached hydrogen (secondary N) is 1. The maximum atomic E-state index is 11.1. The Hall–Kier alpha value is -2.16. The second-order valence-electron chi connectivity index (χ2n) is 5.78. The van der Waals surface area contributed by atoms with E-state index in [9.17, 15) is 4.79 Å². The van der Waals surface area contributed by atoms with Crippen LogP contribution in [0.2, 0.25) is 0 Å². The predicted molar refractivity (Wildman–Crippen MR) is 94.1 cm³/mol. The Labute approximate surface area is 144 Å². The van der Waals surface area contributed by atoms with Crippen molar-refractivity contribution in [3.63, 3.8) is 0 Å². The SMILES string of the molecule is CC1CN(c2cccc(-c3csc(NC(=O)ON)n3)c2)CC(C)O1. The highest BCUT2D eigenvalue weighted by atomic mass is 32.1. The number of morpholine rings is 1. The van der Waals surface area contributed by atoms with Gasteiger partial charge in [-0.15, -0.1) is 11.3 Å². The van der Waals surface area contributed by atoms with Gasteiger partial charge in [-0.3, -0.25) is 5.32 Å². The lowest BCUT2D eigenvalue weighted by Crippen LogP contribution is -2.45. The third kappa shape index (κ3) is 3.84. The molecule has 0 aliphatic carbocycles. The van der Waals surface area contributed by atoms with Crippen molar-refractivity contribution in [1.29, 1.82) is 0 Å². The molecule has 2 atom stereocenters. The first-order valence-corrected chi connectivity index (χ1v) is 8.57. The lowest BCUT2D eigenvalue weighted by atomic mass is 10.1. The Morgan fingerprint density at radius 1 is 1.42 bits per heavy atom. The Bertz CT molecular complexity index is 711. The van der Waals surface area contributed by atoms with Crippen molar-refractivity contribution in [2.45, 2.75) is 26.1 Å². The molecule has 7 nitrogen and oxygen atoms in total. The van der Waals surface area contributed by atoms with Crippen molar-refractivity contribution < 1.29 is 14.4 Å². The van der Waals surface area contributed by atoms with Gasteiger partial charge in [0.1, 0.15) is 0 Å². The highest BCUT2D eigenvalue weighted by molar-refractivity contribution is 7.14. The lowest BCUT2D eigenvalue weighted by Gasteiger charge is -2.37. The topological polar surface area (TPSA) is 89.7 Å². The molecule has 0 spiro atoms. The molecule has 0 saturated carbocycles. The summed E-state index contributed by atoms with van der Waals surface area (Å²) in [4.78, 5) is 21.9. The van der Waals surface area contributed by atoms with Gasteiger partial charge in [0, 0.05) is 29.7 Å². The summed E-state index contributed by atoms with van der Waals surface area (Å²) in [5, 5.41) is 4.79. The number of hydrogen-bond acceptors (Lipinski definition) is 7. The maximum Gasteiger partial charge on any atom is 0.432 e. The van der Waals surface area contributed by atoms with E-state index in [0.717, 1.165) is 30.0 Å². The number of hydrogen-bond donors (Lipinski definition) is 2. The van der Waals surface area contributed by atoms with Crippen LogP contribution < -0.4 is 16.1 Å². The van der Waals surface area contributed by atoms with Crippen molar-refractivity contribution in [3.8, 4) is 11.3 Å². The molecule has 2 unspecified atom stereocenters. The van der Waals surface area contributed by atoms with E-state index < -0.39 is 6.09 Å². The van der Waals surface area contributed by atoms with Crippen LogP contribution in [0, 0.1) is 0 Å². The Morgan fingerprint density at radius 2 is 2.17 bits per heavy atom. The van der Waals surface area contributed by atoms with Crippen LogP contribution in [0.15, 0.2) is 29.6 Å². The molecule has 3 rings (SSSR count). The fourth-order valence-corrected chi connectivity index (χ4v) is 3.54. The van der Waals surface area contributed by atoms with Crippen molar-refractivity contribution in [1.82, 2.24) is 4.98 Å². The average Bonchev–Trinajstić information content (AvgIpc) is 3.02. The fraction of sp³-hybridized carbons (Fsp3) is 0.375. The normalized spacial score (nSPS) is 20.7. The average molecular weight is 348 g/mol. The number of rotatable bonds is 3. The molecule has 1 aromatic carbocycles. The van der Waals surface area contributed by atoms with Crippen LogP contribution in [0.4, 0.5) is 15.6 Å². The number of ether oxygens (including phenoxy) is 1. The summed E-state index contributed by atoms with van der Waals surface area (Å²) in [5.41, 5.74) is 2.92. The summed E-state index contributed by atoms with van der Waals surface area (Å²) < 4.78 is 5.79. The molecule has 1 aliphatic rings. The Kier molecular flexibility index (Phi) is 4.98. The lowest BCUT2D eigenvalue weighted by molar-refractivity contribution is -0.00521. The van der Waals surface area contributed by atoms with E-state index in [1.165, 1.54) is 11.3 Å². The number of nitrogens with two attached hydrogens (primary N) is 1. The molecule has 1 aliphatic heterocycles. The molecule has 128 valence electrons. The van der Waals surface area contributed by atoms with Gasteiger partial charge in [0.15, 0.2) is 5.13 Å². The second-order valence-corrected chi connectivity index (χ2v) is 6.64. The first-order chi connectivity index (χ1) is 11.5. The Morgan fingerprint density at radius 3 is 2.88 bits per heavy atom. The van der Waals surface area contributed by atoms with Crippen LogP contribution in [0.25, 0.3) is 11.3 Å². The van der Waals surface area contributed by atoms with E-state index in [1.54, 1.807) is 0 Å². The van der Waals surface area contributed by atoms with E-state index in [0.29, 0.717) is 5.13 Å². The van der Waals surface area contributed by atoms with Crippen LogP contribution in [0.1, 0.15) is 13.8 Å². The van der Waals surface area contributed by atoms with Crippen LogP contribution in [-0.2, 0) is 9.57 Å². The van der Waals surface area contributed by atoms with Crippen LogP contribution in [0.5, 0.6) is 0 Å². The van der Waals surface area contributed by atoms with Gasteiger partial charge < -0.3 is 14.5 Å². The van der Waals surface area contributed by atoms with Gasteiger partial charge in [0.25, 0.3) is 0 Å². The van der Waals surface area contributed by atoms with Crippen molar-refractivity contribution in [3.05, 3.63) is 29.6 Å². The smallest absolute Gasteiger partial charge is 0.372 e. The number of aromatic nitrogens is 1. The van der Waals surface area contributed by atoms with Crippen molar-refractivity contribution in [2.24, 2.45) is 5.90 Å².